The fourth-order valence-electron chi connectivity index (χ4n) is 3.15. The molecule has 0 aliphatic rings. The van der Waals surface area contributed by atoms with Crippen LogP contribution in [0.4, 0.5) is 5.82 Å². The van der Waals surface area contributed by atoms with Gasteiger partial charge in [0.15, 0.2) is 5.82 Å². The first-order valence-corrected chi connectivity index (χ1v) is 10.2. The molecule has 0 radical (unpaired) electrons. The van der Waals surface area contributed by atoms with Crippen LogP contribution in [-0.4, -0.2) is 21.2 Å². The van der Waals surface area contributed by atoms with Gasteiger partial charge in [0.05, 0.1) is 17.1 Å². The van der Waals surface area contributed by atoms with Crippen molar-refractivity contribution in [1.82, 2.24) is 15.0 Å². The number of pyridine rings is 1. The molecule has 29 heavy (non-hydrogen) atoms. The summed E-state index contributed by atoms with van der Waals surface area (Å²) in [5.41, 5.74) is 6.82. The number of halogens is 1. The zero-order valence-electron chi connectivity index (χ0n) is 15.1. The average Bonchev–Trinajstić information content (AvgIpc) is 3.20. The average molecular weight is 416 g/mol. The smallest absolute Gasteiger partial charge is 0.159 e. The molecule has 0 unspecified atom stereocenters. The number of nitrogens with one attached hydrogen (secondary N) is 1. The van der Waals surface area contributed by atoms with Crippen LogP contribution in [-0.2, 0) is 0 Å². The van der Waals surface area contributed by atoms with Crippen LogP contribution in [0, 0.1) is 0 Å². The molecule has 7 heteroatoms. The third-order valence-corrected chi connectivity index (χ3v) is 5.72. The third-order valence-electron chi connectivity index (χ3n) is 4.53. The van der Waals surface area contributed by atoms with Crippen LogP contribution in [0.15, 0.2) is 77.5 Å². The number of nitrogens with zero attached hydrogens (tertiary/aromatic N) is 4. The van der Waals surface area contributed by atoms with Gasteiger partial charge in [-0.2, -0.15) is 5.10 Å². The van der Waals surface area contributed by atoms with Crippen LogP contribution in [0.3, 0.4) is 0 Å². The highest BCUT2D eigenvalue weighted by atomic mass is 35.5. The molecule has 0 amide bonds. The van der Waals surface area contributed by atoms with E-state index in [2.05, 4.69) is 43.0 Å². The van der Waals surface area contributed by atoms with Crippen LogP contribution in [0.2, 0.25) is 5.15 Å². The summed E-state index contributed by atoms with van der Waals surface area (Å²) in [5.74, 6) is 0.649. The van der Waals surface area contributed by atoms with Gasteiger partial charge in [0.1, 0.15) is 16.3 Å². The maximum atomic E-state index is 6.31. The molecule has 0 saturated carbocycles. The van der Waals surface area contributed by atoms with Gasteiger partial charge in [-0.3, -0.25) is 5.43 Å². The monoisotopic (exact) mass is 415 g/mol. The summed E-state index contributed by atoms with van der Waals surface area (Å²) in [7, 11) is 0. The van der Waals surface area contributed by atoms with Crippen LogP contribution >= 0.6 is 22.9 Å². The predicted octanol–water partition coefficient (Wildman–Crippen LogP) is 6.01. The van der Waals surface area contributed by atoms with E-state index >= 15 is 0 Å². The standard InChI is InChI=1S/C22H14ClN5S/c23-20-16(10-15-8-4-5-9-18(15)27-20)11-26-28-21-19-17(14-6-2-1-3-7-14)12-29-22(19)25-13-24-21/h1-13H,(H,24,25,28)/b26-11-. The maximum Gasteiger partial charge on any atom is 0.159 e. The molecule has 0 bridgehead atoms. The number of hydrazone groups is 1. The van der Waals surface area contributed by atoms with Gasteiger partial charge in [-0.1, -0.05) is 60.1 Å². The first kappa shape index (κ1) is 17.7. The Morgan fingerprint density at radius 2 is 1.83 bits per heavy atom. The summed E-state index contributed by atoms with van der Waals surface area (Å²) in [5, 5.41) is 8.81. The molecule has 5 aromatic rings. The molecular formula is C22H14ClN5S. The quantitative estimate of drug-likeness (QED) is 0.222. The zero-order valence-corrected chi connectivity index (χ0v) is 16.7. The Hall–Kier alpha value is -3.35. The Morgan fingerprint density at radius 3 is 2.72 bits per heavy atom. The van der Waals surface area contributed by atoms with E-state index in [-0.39, 0.29) is 0 Å². The number of fused-ring (bicyclic) bond motifs is 2. The van der Waals surface area contributed by atoms with Crippen LogP contribution < -0.4 is 5.43 Å². The number of thiophene rings is 1. The predicted molar refractivity (Wildman–Crippen MR) is 121 cm³/mol. The molecule has 0 fully saturated rings. The minimum Gasteiger partial charge on any atom is -0.261 e. The third kappa shape index (κ3) is 3.44. The molecular weight excluding hydrogens is 402 g/mol. The largest absolute Gasteiger partial charge is 0.261 e. The van der Waals surface area contributed by atoms with Crippen molar-refractivity contribution >= 4 is 56.1 Å². The van der Waals surface area contributed by atoms with Crippen molar-refractivity contribution in [1.29, 1.82) is 0 Å². The number of aromatic nitrogens is 3. The number of hydrogen-bond acceptors (Lipinski definition) is 6. The van der Waals surface area contributed by atoms with E-state index < -0.39 is 0 Å². The highest BCUT2D eigenvalue weighted by Crippen LogP contribution is 2.36. The van der Waals surface area contributed by atoms with Gasteiger partial charge in [0.2, 0.25) is 0 Å². The molecule has 5 nitrogen and oxygen atoms in total. The van der Waals surface area contributed by atoms with Gasteiger partial charge in [0.25, 0.3) is 0 Å². The summed E-state index contributed by atoms with van der Waals surface area (Å²) in [6, 6.07) is 20.0. The van der Waals surface area contributed by atoms with Crippen molar-refractivity contribution < 1.29 is 0 Å². The molecule has 1 N–H and O–H groups in total. The molecule has 0 spiro atoms. The highest BCUT2D eigenvalue weighted by Gasteiger charge is 2.12. The van der Waals surface area contributed by atoms with Crippen LogP contribution in [0.5, 0.6) is 0 Å². The van der Waals surface area contributed by atoms with Crippen molar-refractivity contribution in [2.45, 2.75) is 0 Å². The lowest BCUT2D eigenvalue weighted by atomic mass is 10.1. The number of anilines is 1. The molecule has 0 atom stereocenters. The summed E-state index contributed by atoms with van der Waals surface area (Å²) < 4.78 is 0. The van der Waals surface area contributed by atoms with Crippen LogP contribution in [0.1, 0.15) is 5.56 Å². The van der Waals surface area contributed by atoms with E-state index in [9.17, 15) is 0 Å². The molecule has 0 saturated heterocycles. The van der Waals surface area contributed by atoms with Crippen molar-refractivity contribution in [3.63, 3.8) is 0 Å². The lowest BCUT2D eigenvalue weighted by Crippen LogP contribution is -1.96. The van der Waals surface area contributed by atoms with E-state index in [0.717, 1.165) is 37.8 Å². The Morgan fingerprint density at radius 1 is 1.00 bits per heavy atom. The number of rotatable bonds is 4. The fraction of sp³-hybridized carbons (Fsp3) is 0. The van der Waals surface area contributed by atoms with E-state index in [1.165, 1.54) is 6.33 Å². The van der Waals surface area contributed by atoms with Gasteiger partial charge in [0, 0.05) is 21.9 Å². The highest BCUT2D eigenvalue weighted by molar-refractivity contribution is 7.17. The van der Waals surface area contributed by atoms with Crippen molar-refractivity contribution in [2.24, 2.45) is 5.10 Å². The molecule has 140 valence electrons. The first-order valence-electron chi connectivity index (χ1n) is 8.91. The second kappa shape index (κ2) is 7.58. The first-order chi connectivity index (χ1) is 14.3. The minimum atomic E-state index is 0.405. The van der Waals surface area contributed by atoms with Gasteiger partial charge in [-0.15, -0.1) is 11.3 Å². The Labute approximate surface area is 175 Å². The topological polar surface area (TPSA) is 63.1 Å². The van der Waals surface area contributed by atoms with Gasteiger partial charge in [-0.25, -0.2) is 15.0 Å². The van der Waals surface area contributed by atoms with E-state index in [0.29, 0.717) is 11.0 Å². The zero-order chi connectivity index (χ0) is 19.6. The van der Waals surface area contributed by atoms with E-state index in [4.69, 9.17) is 11.6 Å². The van der Waals surface area contributed by atoms with E-state index in [1.807, 2.05) is 48.5 Å². The Balaban J connectivity index is 1.50. The van der Waals surface area contributed by atoms with Crippen molar-refractivity contribution in [3.8, 4) is 11.1 Å². The van der Waals surface area contributed by atoms with Gasteiger partial charge in [-0.05, 0) is 17.7 Å². The molecule has 3 aromatic heterocycles. The molecule has 5 rings (SSSR count). The molecule has 0 aliphatic carbocycles. The summed E-state index contributed by atoms with van der Waals surface area (Å²) in [6.45, 7) is 0. The number of hydrogen-bond donors (Lipinski definition) is 1. The molecule has 0 aliphatic heterocycles. The maximum absolute atomic E-state index is 6.31. The molecule has 3 heterocycles. The fourth-order valence-corrected chi connectivity index (χ4v) is 4.26. The van der Waals surface area contributed by atoms with Crippen molar-refractivity contribution in [3.05, 3.63) is 83.1 Å². The second-order valence-electron chi connectivity index (χ2n) is 6.35. The summed E-state index contributed by atoms with van der Waals surface area (Å²) >= 11 is 7.90. The second-order valence-corrected chi connectivity index (χ2v) is 7.57. The summed E-state index contributed by atoms with van der Waals surface area (Å²) in [6.07, 6.45) is 3.19. The van der Waals surface area contributed by atoms with Gasteiger partial charge < -0.3 is 0 Å². The minimum absolute atomic E-state index is 0.405. The van der Waals surface area contributed by atoms with Crippen molar-refractivity contribution in [2.75, 3.05) is 5.43 Å². The normalized spacial score (nSPS) is 11.5. The summed E-state index contributed by atoms with van der Waals surface area (Å²) in [4.78, 5) is 14.1. The Kier molecular flexibility index (Phi) is 4.63. The lowest BCUT2D eigenvalue weighted by Gasteiger charge is -2.05. The SMILES string of the molecule is Clc1nc2ccccc2cc1/C=N\Nc1ncnc2scc(-c3ccccc3)c12. The number of para-hydroxylation sites is 1. The van der Waals surface area contributed by atoms with E-state index in [1.54, 1.807) is 17.6 Å². The Bertz CT molecular complexity index is 1350. The van der Waals surface area contributed by atoms with Gasteiger partial charge >= 0.3 is 0 Å². The number of benzene rings is 2. The molecule has 2 aromatic carbocycles. The van der Waals surface area contributed by atoms with Crippen LogP contribution in [0.25, 0.3) is 32.2 Å². The lowest BCUT2D eigenvalue weighted by molar-refractivity contribution is 1.19.